The molecule has 0 bridgehead atoms. The van der Waals surface area contributed by atoms with Gasteiger partial charge >= 0.3 is 0 Å². The molecule has 33 heavy (non-hydrogen) atoms. The van der Waals surface area contributed by atoms with Crippen LogP contribution in [0.4, 0.5) is 17.1 Å². The lowest BCUT2D eigenvalue weighted by Crippen LogP contribution is -2.24. The lowest BCUT2D eigenvalue weighted by Gasteiger charge is -2.17. The number of carbonyl (C=O) groups is 1. The first-order valence-electron chi connectivity index (χ1n) is 9.92. The number of aryl methyl sites for hydroxylation is 2. The molecule has 8 nitrogen and oxygen atoms in total. The summed E-state index contributed by atoms with van der Waals surface area (Å²) in [6, 6.07) is 17.6. The second kappa shape index (κ2) is 9.24. The van der Waals surface area contributed by atoms with Crippen LogP contribution in [0, 0.1) is 13.8 Å². The molecule has 0 saturated heterocycles. The number of anilines is 3. The minimum atomic E-state index is -3.76. The van der Waals surface area contributed by atoms with Crippen molar-refractivity contribution in [3.05, 3.63) is 83.4 Å². The van der Waals surface area contributed by atoms with Crippen molar-refractivity contribution in [1.82, 2.24) is 0 Å². The lowest BCUT2D eigenvalue weighted by atomic mass is 10.1. The van der Waals surface area contributed by atoms with Crippen LogP contribution in [-0.2, 0) is 20.0 Å². The highest BCUT2D eigenvalue weighted by atomic mass is 32.2. The zero-order valence-corrected chi connectivity index (χ0v) is 20.3. The summed E-state index contributed by atoms with van der Waals surface area (Å²) in [5.74, 6) is -0.412. The van der Waals surface area contributed by atoms with E-state index >= 15 is 0 Å². The van der Waals surface area contributed by atoms with E-state index in [1.54, 1.807) is 49.4 Å². The van der Waals surface area contributed by atoms with Crippen molar-refractivity contribution in [3.8, 4) is 0 Å². The number of sulfonamides is 2. The highest BCUT2D eigenvalue weighted by Crippen LogP contribution is 2.23. The van der Waals surface area contributed by atoms with Gasteiger partial charge < -0.3 is 5.32 Å². The molecule has 0 aliphatic carbocycles. The maximum atomic E-state index is 12.7. The van der Waals surface area contributed by atoms with Gasteiger partial charge in [0.2, 0.25) is 10.0 Å². The number of carbonyl (C=O) groups excluding carboxylic acids is 1. The second-order valence-electron chi connectivity index (χ2n) is 7.68. The Morgan fingerprint density at radius 3 is 2.15 bits per heavy atom. The van der Waals surface area contributed by atoms with Crippen molar-refractivity contribution >= 4 is 43.0 Å². The van der Waals surface area contributed by atoms with Gasteiger partial charge in [0.25, 0.3) is 15.9 Å². The summed E-state index contributed by atoms with van der Waals surface area (Å²) in [7, 11) is -5.77. The molecule has 0 unspecified atom stereocenters. The number of rotatable bonds is 7. The van der Waals surface area contributed by atoms with E-state index in [0.717, 1.165) is 16.1 Å². The van der Waals surface area contributed by atoms with Gasteiger partial charge in [0.05, 0.1) is 22.5 Å². The Morgan fingerprint density at radius 2 is 1.55 bits per heavy atom. The minimum Gasteiger partial charge on any atom is -0.322 e. The van der Waals surface area contributed by atoms with Crippen molar-refractivity contribution in [3.63, 3.8) is 0 Å². The highest BCUT2D eigenvalue weighted by molar-refractivity contribution is 7.92. The second-order valence-corrected chi connectivity index (χ2v) is 11.4. The average molecular weight is 488 g/mol. The van der Waals surface area contributed by atoms with E-state index in [1.165, 1.54) is 31.3 Å². The van der Waals surface area contributed by atoms with Crippen LogP contribution in [0.15, 0.2) is 71.6 Å². The maximum Gasteiger partial charge on any atom is 0.261 e. The number of hydrogen-bond donors (Lipinski definition) is 2. The van der Waals surface area contributed by atoms with Crippen LogP contribution < -0.4 is 14.3 Å². The Kier molecular flexibility index (Phi) is 6.80. The average Bonchev–Trinajstić information content (AvgIpc) is 2.74. The van der Waals surface area contributed by atoms with E-state index in [2.05, 4.69) is 10.0 Å². The van der Waals surface area contributed by atoms with E-state index < -0.39 is 26.0 Å². The standard InChI is InChI=1S/C23H25N3O5S2/c1-16-8-11-21(12-9-16)33(30,31)25-22-13-10-18(14-17(22)2)23(27)24-19-6-5-7-20(15-19)26(3)32(4,28)29/h5-15,25H,1-4H3,(H,24,27). The largest absolute Gasteiger partial charge is 0.322 e. The monoisotopic (exact) mass is 487 g/mol. The molecule has 0 spiro atoms. The summed E-state index contributed by atoms with van der Waals surface area (Å²) >= 11 is 0. The van der Waals surface area contributed by atoms with E-state index in [-0.39, 0.29) is 4.90 Å². The Balaban J connectivity index is 1.77. The predicted molar refractivity (Wildman–Crippen MR) is 131 cm³/mol. The molecule has 2 N–H and O–H groups in total. The van der Waals surface area contributed by atoms with Crippen LogP contribution in [0.5, 0.6) is 0 Å². The van der Waals surface area contributed by atoms with Gasteiger partial charge in [-0.2, -0.15) is 0 Å². The summed E-state index contributed by atoms with van der Waals surface area (Å²) in [4.78, 5) is 12.9. The molecule has 3 aromatic carbocycles. The summed E-state index contributed by atoms with van der Waals surface area (Å²) < 4.78 is 52.5. The van der Waals surface area contributed by atoms with Gasteiger partial charge in [-0.25, -0.2) is 16.8 Å². The van der Waals surface area contributed by atoms with Crippen LogP contribution in [0.3, 0.4) is 0 Å². The van der Waals surface area contributed by atoms with Gasteiger partial charge in [0.1, 0.15) is 0 Å². The Bertz CT molecular complexity index is 1400. The molecule has 0 aliphatic heterocycles. The quantitative estimate of drug-likeness (QED) is 0.527. The lowest BCUT2D eigenvalue weighted by molar-refractivity contribution is 0.102. The molecule has 0 fully saturated rings. The van der Waals surface area contributed by atoms with Crippen LogP contribution in [0.2, 0.25) is 0 Å². The summed E-state index contributed by atoms with van der Waals surface area (Å²) in [6.45, 7) is 3.57. The van der Waals surface area contributed by atoms with Crippen LogP contribution in [-0.4, -0.2) is 36.0 Å². The number of nitrogens with zero attached hydrogens (tertiary/aromatic N) is 1. The molecule has 0 radical (unpaired) electrons. The maximum absolute atomic E-state index is 12.7. The predicted octanol–water partition coefficient (Wildman–Crippen LogP) is 3.75. The normalized spacial score (nSPS) is 11.6. The fraction of sp³-hybridized carbons (Fsp3) is 0.174. The van der Waals surface area contributed by atoms with Gasteiger partial charge in [-0.05, 0) is 67.9 Å². The van der Waals surface area contributed by atoms with Gasteiger partial charge in [0.15, 0.2) is 0 Å². The van der Waals surface area contributed by atoms with Crippen molar-refractivity contribution in [2.75, 3.05) is 27.6 Å². The van der Waals surface area contributed by atoms with Gasteiger partial charge in [-0.1, -0.05) is 23.8 Å². The molecule has 0 heterocycles. The molecule has 3 rings (SSSR count). The van der Waals surface area contributed by atoms with Gasteiger partial charge in [-0.3, -0.25) is 13.8 Å². The Hall–Kier alpha value is -3.37. The molecule has 0 aromatic heterocycles. The molecule has 0 saturated carbocycles. The number of hydrogen-bond acceptors (Lipinski definition) is 5. The van der Waals surface area contributed by atoms with Gasteiger partial charge in [-0.15, -0.1) is 0 Å². The first kappa shape index (κ1) is 24.3. The van der Waals surface area contributed by atoms with E-state index in [1.807, 2.05) is 6.92 Å². The fourth-order valence-electron chi connectivity index (χ4n) is 3.01. The SMILES string of the molecule is Cc1ccc(S(=O)(=O)Nc2ccc(C(=O)Nc3cccc(N(C)S(C)(=O)=O)c3)cc2C)cc1. The topological polar surface area (TPSA) is 113 Å². The summed E-state index contributed by atoms with van der Waals surface area (Å²) in [5, 5.41) is 2.73. The third-order valence-electron chi connectivity index (χ3n) is 5.03. The van der Waals surface area contributed by atoms with Crippen molar-refractivity contribution < 1.29 is 21.6 Å². The Labute approximate surface area is 194 Å². The molecular weight excluding hydrogens is 462 g/mol. The molecule has 1 amide bonds. The van der Waals surface area contributed by atoms with E-state index in [0.29, 0.717) is 28.2 Å². The fourth-order valence-corrected chi connectivity index (χ4v) is 4.64. The van der Waals surface area contributed by atoms with Crippen molar-refractivity contribution in [2.24, 2.45) is 0 Å². The highest BCUT2D eigenvalue weighted by Gasteiger charge is 2.17. The van der Waals surface area contributed by atoms with E-state index in [9.17, 15) is 21.6 Å². The number of amides is 1. The first-order chi connectivity index (χ1) is 15.4. The van der Waals surface area contributed by atoms with Crippen LogP contribution >= 0.6 is 0 Å². The number of nitrogens with one attached hydrogen (secondary N) is 2. The smallest absolute Gasteiger partial charge is 0.261 e. The Morgan fingerprint density at radius 1 is 0.879 bits per heavy atom. The summed E-state index contributed by atoms with van der Waals surface area (Å²) in [6.07, 6.45) is 1.09. The zero-order chi connectivity index (χ0) is 24.4. The molecule has 0 aliphatic rings. The molecule has 3 aromatic rings. The van der Waals surface area contributed by atoms with Crippen molar-refractivity contribution in [1.29, 1.82) is 0 Å². The van der Waals surface area contributed by atoms with E-state index in [4.69, 9.17) is 0 Å². The van der Waals surface area contributed by atoms with Crippen LogP contribution in [0.1, 0.15) is 21.5 Å². The summed E-state index contributed by atoms with van der Waals surface area (Å²) in [5.41, 5.74) is 3.05. The first-order valence-corrected chi connectivity index (χ1v) is 13.3. The third-order valence-corrected chi connectivity index (χ3v) is 7.62. The van der Waals surface area contributed by atoms with Crippen LogP contribution in [0.25, 0.3) is 0 Å². The van der Waals surface area contributed by atoms with Crippen molar-refractivity contribution in [2.45, 2.75) is 18.7 Å². The molecule has 174 valence electrons. The zero-order valence-electron chi connectivity index (χ0n) is 18.7. The molecule has 0 atom stereocenters. The van der Waals surface area contributed by atoms with Gasteiger partial charge in [0, 0.05) is 18.3 Å². The molecular formula is C23H25N3O5S2. The molecule has 10 heteroatoms. The third kappa shape index (κ3) is 5.91. The minimum absolute atomic E-state index is 0.147. The number of benzene rings is 3.